The predicted molar refractivity (Wildman–Crippen MR) is 45.4 cm³/mol. The van der Waals surface area contributed by atoms with Crippen molar-refractivity contribution >= 4 is 22.6 Å². The van der Waals surface area contributed by atoms with E-state index in [9.17, 15) is 4.39 Å². The third-order valence-corrected chi connectivity index (χ3v) is 1.75. The predicted octanol–water partition coefficient (Wildman–Crippen LogP) is 1.37. The summed E-state index contributed by atoms with van der Waals surface area (Å²) in [6, 6.07) is 0. The fourth-order valence-electron chi connectivity index (χ4n) is 0.579. The van der Waals surface area contributed by atoms with Crippen molar-refractivity contribution in [2.24, 2.45) is 0 Å². The van der Waals surface area contributed by atoms with Gasteiger partial charge in [0.1, 0.15) is 6.61 Å². The molecule has 1 heterocycles. The highest BCUT2D eigenvalue weighted by Crippen LogP contribution is 2.06. The van der Waals surface area contributed by atoms with Crippen LogP contribution in [0.5, 0.6) is 0 Å². The first kappa shape index (κ1) is 8.79. The highest BCUT2D eigenvalue weighted by Gasteiger charge is 2.02. The molecule has 0 bridgehead atoms. The Morgan fingerprint density at radius 2 is 2.45 bits per heavy atom. The zero-order chi connectivity index (χ0) is 8.27. The van der Waals surface area contributed by atoms with Gasteiger partial charge in [-0.1, -0.05) is 0 Å². The molecule has 0 aliphatic carbocycles. The zero-order valence-corrected chi connectivity index (χ0v) is 8.00. The van der Waals surface area contributed by atoms with E-state index in [1.165, 1.54) is 13.3 Å². The molecule has 0 aliphatic heterocycles. The van der Waals surface area contributed by atoms with Gasteiger partial charge in [0.25, 0.3) is 0 Å². The van der Waals surface area contributed by atoms with E-state index in [0.29, 0.717) is 9.39 Å². The molecular formula is C6H6FIN2O. The van der Waals surface area contributed by atoms with Gasteiger partial charge in [-0.3, -0.25) is 0 Å². The van der Waals surface area contributed by atoms with Crippen LogP contribution in [-0.4, -0.2) is 17.1 Å². The normalized spacial score (nSPS) is 10.1. The van der Waals surface area contributed by atoms with E-state index in [1.54, 1.807) is 0 Å². The van der Waals surface area contributed by atoms with Crippen molar-refractivity contribution in [2.45, 2.75) is 6.61 Å². The van der Waals surface area contributed by atoms with E-state index in [-0.39, 0.29) is 6.61 Å². The Kier molecular flexibility index (Phi) is 3.13. The van der Waals surface area contributed by atoms with Gasteiger partial charge in [-0.25, -0.2) is 9.97 Å². The molecule has 0 N–H and O–H groups in total. The van der Waals surface area contributed by atoms with Gasteiger partial charge in [0.2, 0.25) is 5.95 Å². The highest BCUT2D eigenvalue weighted by molar-refractivity contribution is 14.1. The molecular weight excluding hydrogens is 262 g/mol. The molecule has 0 radical (unpaired) electrons. The Labute approximate surface area is 77.1 Å². The highest BCUT2D eigenvalue weighted by atomic mass is 127. The van der Waals surface area contributed by atoms with E-state index in [1.807, 2.05) is 22.6 Å². The van der Waals surface area contributed by atoms with E-state index < -0.39 is 5.95 Å². The molecule has 1 rings (SSSR count). The van der Waals surface area contributed by atoms with Crippen LogP contribution in [0.4, 0.5) is 4.39 Å². The zero-order valence-electron chi connectivity index (χ0n) is 5.84. The van der Waals surface area contributed by atoms with Gasteiger partial charge in [0.15, 0.2) is 5.82 Å². The van der Waals surface area contributed by atoms with Crippen LogP contribution in [0.3, 0.4) is 0 Å². The molecule has 1 aromatic rings. The second-order valence-electron chi connectivity index (χ2n) is 1.86. The first-order valence-electron chi connectivity index (χ1n) is 2.90. The molecule has 60 valence electrons. The Bertz CT molecular complexity index is 256. The Morgan fingerprint density at radius 1 is 1.73 bits per heavy atom. The standard InChI is InChI=1S/C6H6FIN2O/c1-11-3-5-9-2-4(8)6(7)10-5/h2H,3H2,1H3. The fraction of sp³-hybridized carbons (Fsp3) is 0.333. The average molecular weight is 268 g/mol. The maximum absolute atomic E-state index is 12.7. The van der Waals surface area contributed by atoms with Crippen LogP contribution in [0.25, 0.3) is 0 Å². The second kappa shape index (κ2) is 3.91. The minimum Gasteiger partial charge on any atom is -0.377 e. The van der Waals surface area contributed by atoms with Gasteiger partial charge < -0.3 is 4.74 Å². The van der Waals surface area contributed by atoms with Crippen LogP contribution >= 0.6 is 22.6 Å². The summed E-state index contributed by atoms with van der Waals surface area (Å²) in [5.74, 6) is -0.127. The summed E-state index contributed by atoms with van der Waals surface area (Å²) in [6.45, 7) is 0.244. The molecule has 1 aromatic heterocycles. The van der Waals surface area contributed by atoms with E-state index in [0.717, 1.165) is 0 Å². The molecule has 0 amide bonds. The molecule has 0 atom stereocenters. The molecule has 0 fully saturated rings. The van der Waals surface area contributed by atoms with E-state index >= 15 is 0 Å². The smallest absolute Gasteiger partial charge is 0.229 e. The van der Waals surface area contributed by atoms with Crippen molar-refractivity contribution < 1.29 is 9.13 Å². The monoisotopic (exact) mass is 268 g/mol. The maximum Gasteiger partial charge on any atom is 0.229 e. The molecule has 0 spiro atoms. The lowest BCUT2D eigenvalue weighted by molar-refractivity contribution is 0.176. The van der Waals surface area contributed by atoms with Gasteiger partial charge >= 0.3 is 0 Å². The molecule has 0 saturated heterocycles. The lowest BCUT2D eigenvalue weighted by Gasteiger charge is -1.97. The van der Waals surface area contributed by atoms with Crippen LogP contribution in [0, 0.1) is 9.52 Å². The number of ether oxygens (including phenoxy) is 1. The Balaban J connectivity index is 2.86. The fourth-order valence-corrected chi connectivity index (χ4v) is 0.839. The summed E-state index contributed by atoms with van der Waals surface area (Å²) < 4.78 is 17.8. The number of methoxy groups -OCH3 is 1. The maximum atomic E-state index is 12.7. The second-order valence-corrected chi connectivity index (χ2v) is 3.02. The quantitative estimate of drug-likeness (QED) is 0.600. The minimum absolute atomic E-state index is 0.244. The van der Waals surface area contributed by atoms with Crippen molar-refractivity contribution in [2.75, 3.05) is 7.11 Å². The third-order valence-electron chi connectivity index (χ3n) is 1.02. The Hall–Kier alpha value is -0.300. The number of hydrogen-bond acceptors (Lipinski definition) is 3. The van der Waals surface area contributed by atoms with Gasteiger partial charge in [0, 0.05) is 13.3 Å². The summed E-state index contributed by atoms with van der Waals surface area (Å²) in [5, 5.41) is 0. The molecule has 5 heteroatoms. The summed E-state index contributed by atoms with van der Waals surface area (Å²) >= 11 is 1.83. The van der Waals surface area contributed by atoms with Crippen molar-refractivity contribution in [1.29, 1.82) is 0 Å². The first-order valence-corrected chi connectivity index (χ1v) is 3.97. The summed E-state index contributed by atoms with van der Waals surface area (Å²) in [5.41, 5.74) is 0. The number of hydrogen-bond donors (Lipinski definition) is 0. The van der Waals surface area contributed by atoms with Gasteiger partial charge in [-0.2, -0.15) is 4.39 Å². The first-order chi connectivity index (χ1) is 5.24. The van der Waals surface area contributed by atoms with Crippen molar-refractivity contribution in [3.63, 3.8) is 0 Å². The van der Waals surface area contributed by atoms with Gasteiger partial charge in [0.05, 0.1) is 3.57 Å². The van der Waals surface area contributed by atoms with Crippen molar-refractivity contribution in [3.05, 3.63) is 21.5 Å². The molecule has 0 saturated carbocycles. The third kappa shape index (κ3) is 2.33. The van der Waals surface area contributed by atoms with E-state index in [4.69, 9.17) is 4.74 Å². The summed E-state index contributed by atoms with van der Waals surface area (Å²) in [6.07, 6.45) is 1.43. The SMILES string of the molecule is COCc1ncc(I)c(F)n1. The van der Waals surface area contributed by atoms with Gasteiger partial charge in [-0.05, 0) is 22.6 Å². The lowest BCUT2D eigenvalue weighted by atomic mass is 10.6. The number of rotatable bonds is 2. The van der Waals surface area contributed by atoms with E-state index in [2.05, 4.69) is 9.97 Å². The van der Waals surface area contributed by atoms with Crippen molar-refractivity contribution in [1.82, 2.24) is 9.97 Å². The molecule has 0 aromatic carbocycles. The summed E-state index contributed by atoms with van der Waals surface area (Å²) in [7, 11) is 1.51. The number of aromatic nitrogens is 2. The lowest BCUT2D eigenvalue weighted by Crippen LogP contribution is -2.00. The topological polar surface area (TPSA) is 35.0 Å². The van der Waals surface area contributed by atoms with Crippen LogP contribution < -0.4 is 0 Å². The van der Waals surface area contributed by atoms with Crippen LogP contribution in [0.15, 0.2) is 6.20 Å². The molecule has 3 nitrogen and oxygen atoms in total. The number of nitrogens with zero attached hydrogens (tertiary/aromatic N) is 2. The van der Waals surface area contributed by atoms with Crippen molar-refractivity contribution in [3.8, 4) is 0 Å². The van der Waals surface area contributed by atoms with Crippen LogP contribution in [-0.2, 0) is 11.3 Å². The minimum atomic E-state index is -0.493. The molecule has 0 unspecified atom stereocenters. The molecule has 0 aliphatic rings. The summed E-state index contributed by atoms with van der Waals surface area (Å²) in [4.78, 5) is 7.40. The number of halogens is 2. The largest absolute Gasteiger partial charge is 0.377 e. The van der Waals surface area contributed by atoms with Crippen LogP contribution in [0.1, 0.15) is 5.82 Å². The Morgan fingerprint density at radius 3 is 3.00 bits per heavy atom. The van der Waals surface area contributed by atoms with Gasteiger partial charge in [-0.15, -0.1) is 0 Å². The molecule has 11 heavy (non-hydrogen) atoms. The van der Waals surface area contributed by atoms with Crippen LogP contribution in [0.2, 0.25) is 0 Å². The average Bonchev–Trinajstić information content (AvgIpc) is 1.98.